The Morgan fingerprint density at radius 1 is 1.53 bits per heavy atom. The van der Waals surface area contributed by atoms with Crippen molar-refractivity contribution >= 4 is 27.5 Å². The van der Waals surface area contributed by atoms with Gasteiger partial charge in [0.15, 0.2) is 0 Å². The Morgan fingerprint density at radius 3 is 2.93 bits per heavy atom. The van der Waals surface area contributed by atoms with E-state index in [2.05, 4.69) is 21.9 Å². The molecule has 0 amide bonds. The summed E-state index contributed by atoms with van der Waals surface area (Å²) >= 11 is 9.37. The summed E-state index contributed by atoms with van der Waals surface area (Å²) in [7, 11) is 0. The van der Waals surface area contributed by atoms with Crippen LogP contribution in [0.1, 0.15) is 30.9 Å². The molecule has 0 aliphatic carbocycles. The van der Waals surface area contributed by atoms with E-state index >= 15 is 0 Å². The molecule has 0 heterocycles. The molecule has 0 aliphatic heterocycles. The summed E-state index contributed by atoms with van der Waals surface area (Å²) in [5.74, 6) is 2.61. The second kappa shape index (κ2) is 6.17. The van der Waals surface area contributed by atoms with Crippen LogP contribution in [0.2, 0.25) is 5.02 Å². The van der Waals surface area contributed by atoms with Gasteiger partial charge < -0.3 is 5.73 Å². The van der Waals surface area contributed by atoms with Gasteiger partial charge in [-0.1, -0.05) is 27.5 Å². The second-order valence-electron chi connectivity index (χ2n) is 3.37. The summed E-state index contributed by atoms with van der Waals surface area (Å²) in [6, 6.07) is 5.64. The van der Waals surface area contributed by atoms with Crippen molar-refractivity contribution in [2.75, 3.05) is 0 Å². The number of unbranched alkanes of at least 4 members (excludes halogenated alkanes) is 1. The predicted octanol–water partition coefficient (Wildman–Crippen LogP) is 3.91. The van der Waals surface area contributed by atoms with Crippen molar-refractivity contribution in [2.24, 2.45) is 5.73 Å². The molecule has 1 atom stereocenters. The Bertz CT molecular complexity index is 370. The van der Waals surface area contributed by atoms with Gasteiger partial charge in [-0.05, 0) is 36.6 Å². The lowest BCUT2D eigenvalue weighted by Crippen LogP contribution is -2.10. The van der Waals surface area contributed by atoms with E-state index in [1.165, 1.54) is 0 Å². The average Bonchev–Trinajstić information content (AvgIpc) is 2.22. The van der Waals surface area contributed by atoms with E-state index in [4.69, 9.17) is 23.8 Å². The molecule has 1 nitrogen and oxygen atoms in total. The monoisotopic (exact) mass is 285 g/mol. The Labute approximate surface area is 104 Å². The zero-order valence-electron chi connectivity index (χ0n) is 8.34. The van der Waals surface area contributed by atoms with Crippen LogP contribution in [-0.2, 0) is 0 Å². The molecule has 0 fully saturated rings. The van der Waals surface area contributed by atoms with Crippen molar-refractivity contribution in [1.29, 1.82) is 0 Å². The second-order valence-corrected chi connectivity index (χ2v) is 4.66. The first kappa shape index (κ1) is 12.6. The van der Waals surface area contributed by atoms with Gasteiger partial charge in [0.1, 0.15) is 0 Å². The van der Waals surface area contributed by atoms with E-state index < -0.39 is 0 Å². The molecule has 0 bridgehead atoms. The van der Waals surface area contributed by atoms with Crippen LogP contribution >= 0.6 is 27.5 Å². The molecular formula is C12H13BrClN. The van der Waals surface area contributed by atoms with E-state index in [0.717, 1.165) is 29.3 Å². The molecule has 0 spiro atoms. The highest BCUT2D eigenvalue weighted by Crippen LogP contribution is 2.27. The van der Waals surface area contributed by atoms with Gasteiger partial charge in [0.25, 0.3) is 0 Å². The minimum absolute atomic E-state index is 0.00794. The first-order valence-corrected chi connectivity index (χ1v) is 5.96. The van der Waals surface area contributed by atoms with Gasteiger partial charge in [-0.3, -0.25) is 0 Å². The molecule has 80 valence electrons. The Kier molecular flexibility index (Phi) is 5.17. The van der Waals surface area contributed by atoms with Crippen LogP contribution in [0.25, 0.3) is 0 Å². The summed E-state index contributed by atoms with van der Waals surface area (Å²) in [5, 5.41) is 0.709. The van der Waals surface area contributed by atoms with Gasteiger partial charge in [0.05, 0.1) is 0 Å². The summed E-state index contributed by atoms with van der Waals surface area (Å²) in [6.45, 7) is 0. The number of terminal acetylenes is 1. The molecule has 0 aromatic heterocycles. The number of hydrogen-bond donors (Lipinski definition) is 1. The molecule has 15 heavy (non-hydrogen) atoms. The van der Waals surface area contributed by atoms with Crippen molar-refractivity contribution < 1.29 is 0 Å². The number of benzene rings is 1. The normalized spacial score (nSPS) is 12.1. The highest BCUT2D eigenvalue weighted by atomic mass is 79.9. The SMILES string of the molecule is C#CCCCC(N)c1cc(Cl)ccc1Br. The standard InChI is InChI=1S/C12H13BrClN/c1-2-3-4-5-12(15)10-8-9(14)6-7-11(10)13/h1,6-8,12H,3-5,15H2. The fourth-order valence-corrected chi connectivity index (χ4v) is 2.10. The van der Waals surface area contributed by atoms with Crippen molar-refractivity contribution in [2.45, 2.75) is 25.3 Å². The van der Waals surface area contributed by atoms with Crippen molar-refractivity contribution in [3.8, 4) is 12.3 Å². The molecule has 1 aromatic carbocycles. The maximum absolute atomic E-state index is 6.05. The van der Waals surface area contributed by atoms with Gasteiger partial charge in [-0.15, -0.1) is 12.3 Å². The topological polar surface area (TPSA) is 26.0 Å². The van der Waals surface area contributed by atoms with Gasteiger partial charge in [-0.25, -0.2) is 0 Å². The molecule has 1 aromatic rings. The van der Waals surface area contributed by atoms with E-state index in [9.17, 15) is 0 Å². The zero-order valence-corrected chi connectivity index (χ0v) is 10.7. The fourth-order valence-electron chi connectivity index (χ4n) is 1.38. The molecule has 1 unspecified atom stereocenters. The van der Waals surface area contributed by atoms with Gasteiger partial charge >= 0.3 is 0 Å². The maximum atomic E-state index is 6.05. The Balaban J connectivity index is 2.69. The first-order chi connectivity index (χ1) is 7.15. The van der Waals surface area contributed by atoms with Crippen LogP contribution in [0, 0.1) is 12.3 Å². The summed E-state index contributed by atoms with van der Waals surface area (Å²) in [6.07, 6.45) is 7.78. The molecule has 0 saturated carbocycles. The van der Waals surface area contributed by atoms with Crippen molar-refractivity contribution in [1.82, 2.24) is 0 Å². The minimum atomic E-state index is -0.00794. The Morgan fingerprint density at radius 2 is 2.27 bits per heavy atom. The summed E-state index contributed by atoms with van der Waals surface area (Å²) in [4.78, 5) is 0. The smallest absolute Gasteiger partial charge is 0.0410 e. The third-order valence-corrected chi connectivity index (χ3v) is 3.15. The summed E-state index contributed by atoms with van der Waals surface area (Å²) < 4.78 is 1.00. The lowest BCUT2D eigenvalue weighted by atomic mass is 10.0. The quantitative estimate of drug-likeness (QED) is 0.659. The first-order valence-electron chi connectivity index (χ1n) is 4.79. The number of hydrogen-bond acceptors (Lipinski definition) is 1. The van der Waals surface area contributed by atoms with Gasteiger partial charge in [-0.2, -0.15) is 0 Å². The van der Waals surface area contributed by atoms with Crippen molar-refractivity contribution in [3.63, 3.8) is 0 Å². The molecule has 0 aliphatic rings. The Hall–Kier alpha value is -0.490. The van der Waals surface area contributed by atoms with E-state index in [1.54, 1.807) is 0 Å². The number of halogens is 2. The minimum Gasteiger partial charge on any atom is -0.324 e. The van der Waals surface area contributed by atoms with Crippen LogP contribution in [-0.4, -0.2) is 0 Å². The van der Waals surface area contributed by atoms with Gasteiger partial charge in [0.2, 0.25) is 0 Å². The highest BCUT2D eigenvalue weighted by molar-refractivity contribution is 9.10. The van der Waals surface area contributed by atoms with Crippen LogP contribution in [0.15, 0.2) is 22.7 Å². The van der Waals surface area contributed by atoms with Crippen molar-refractivity contribution in [3.05, 3.63) is 33.3 Å². The summed E-state index contributed by atoms with van der Waals surface area (Å²) in [5.41, 5.74) is 7.09. The molecule has 0 saturated heterocycles. The van der Waals surface area contributed by atoms with Crippen LogP contribution in [0.3, 0.4) is 0 Å². The predicted molar refractivity (Wildman–Crippen MR) is 68.8 cm³/mol. The lowest BCUT2D eigenvalue weighted by molar-refractivity contribution is 0.619. The maximum Gasteiger partial charge on any atom is 0.0410 e. The van der Waals surface area contributed by atoms with Gasteiger partial charge in [0, 0.05) is 22.0 Å². The number of rotatable bonds is 4. The highest BCUT2D eigenvalue weighted by Gasteiger charge is 2.09. The average molecular weight is 287 g/mol. The van der Waals surface area contributed by atoms with Crippen LogP contribution in [0.4, 0.5) is 0 Å². The van der Waals surface area contributed by atoms with E-state index in [1.807, 2.05) is 18.2 Å². The fraction of sp³-hybridized carbons (Fsp3) is 0.333. The van der Waals surface area contributed by atoms with Crippen LogP contribution < -0.4 is 5.73 Å². The molecule has 2 N–H and O–H groups in total. The molecule has 3 heteroatoms. The van der Waals surface area contributed by atoms with E-state index in [-0.39, 0.29) is 6.04 Å². The number of nitrogens with two attached hydrogens (primary N) is 1. The largest absolute Gasteiger partial charge is 0.324 e. The molecular weight excluding hydrogens is 273 g/mol. The zero-order chi connectivity index (χ0) is 11.3. The third-order valence-electron chi connectivity index (χ3n) is 2.19. The molecule has 1 rings (SSSR count). The lowest BCUT2D eigenvalue weighted by Gasteiger charge is -2.13. The van der Waals surface area contributed by atoms with Crippen LogP contribution in [0.5, 0.6) is 0 Å². The third kappa shape index (κ3) is 3.87. The van der Waals surface area contributed by atoms with E-state index in [0.29, 0.717) is 5.02 Å². The molecule has 0 radical (unpaired) electrons.